The second-order valence-corrected chi connectivity index (χ2v) is 4.67. The predicted octanol–water partition coefficient (Wildman–Crippen LogP) is 3.18. The molecule has 0 saturated heterocycles. The van der Waals surface area contributed by atoms with Crippen LogP contribution in [0, 0.1) is 13.8 Å². The van der Waals surface area contributed by atoms with Crippen LogP contribution in [0.4, 0.5) is 0 Å². The Kier molecular flexibility index (Phi) is 1.93. The third kappa shape index (κ3) is 1.29. The molecule has 1 atom stereocenters. The van der Waals surface area contributed by atoms with Gasteiger partial charge in [0.1, 0.15) is 6.10 Å². The largest absolute Gasteiger partial charge is 0.474 e. The van der Waals surface area contributed by atoms with E-state index in [9.17, 15) is 0 Å². The molecule has 0 saturated carbocycles. The average molecular weight is 213 g/mol. The molecule has 1 aromatic carbocycles. The van der Waals surface area contributed by atoms with Crippen molar-refractivity contribution in [2.75, 3.05) is 0 Å². The molecule has 1 aromatic heterocycles. The van der Waals surface area contributed by atoms with Crippen LogP contribution >= 0.6 is 0 Å². The van der Waals surface area contributed by atoms with Gasteiger partial charge in [-0.15, -0.1) is 0 Å². The first-order valence-corrected chi connectivity index (χ1v) is 5.71. The molecule has 0 N–H and O–H groups in total. The molecule has 16 heavy (non-hydrogen) atoms. The van der Waals surface area contributed by atoms with E-state index in [1.807, 2.05) is 0 Å². The number of hydrogen-bond acceptors (Lipinski definition) is 2. The number of nitrogens with zero attached hydrogens (tertiary/aromatic N) is 1. The lowest BCUT2D eigenvalue weighted by Gasteiger charge is -2.07. The van der Waals surface area contributed by atoms with Crippen LogP contribution in [0.2, 0.25) is 0 Å². The molecule has 0 spiro atoms. The third-order valence-electron chi connectivity index (χ3n) is 3.29. The molecule has 82 valence electrons. The highest BCUT2D eigenvalue weighted by molar-refractivity contribution is 5.85. The number of aromatic nitrogens is 1. The van der Waals surface area contributed by atoms with Crippen LogP contribution in [-0.2, 0) is 6.42 Å². The molecule has 3 rings (SSSR count). The van der Waals surface area contributed by atoms with Crippen molar-refractivity contribution in [1.29, 1.82) is 0 Å². The summed E-state index contributed by atoms with van der Waals surface area (Å²) in [6.07, 6.45) is 1.25. The average Bonchev–Trinajstić information content (AvgIpc) is 2.61. The first-order valence-electron chi connectivity index (χ1n) is 5.71. The second-order valence-electron chi connectivity index (χ2n) is 4.67. The van der Waals surface area contributed by atoms with Gasteiger partial charge in [-0.3, -0.25) is 0 Å². The van der Waals surface area contributed by atoms with Crippen molar-refractivity contribution in [3.63, 3.8) is 0 Å². The van der Waals surface area contributed by atoms with Crippen molar-refractivity contribution in [3.8, 4) is 5.88 Å². The van der Waals surface area contributed by atoms with Crippen LogP contribution in [0.25, 0.3) is 10.9 Å². The molecule has 2 heteroatoms. The lowest BCUT2D eigenvalue weighted by atomic mass is 10.0. The van der Waals surface area contributed by atoms with E-state index in [2.05, 4.69) is 44.0 Å². The van der Waals surface area contributed by atoms with Crippen molar-refractivity contribution in [1.82, 2.24) is 4.98 Å². The van der Waals surface area contributed by atoms with E-state index in [1.54, 1.807) is 0 Å². The fraction of sp³-hybridized carbons (Fsp3) is 0.357. The van der Waals surface area contributed by atoms with E-state index < -0.39 is 0 Å². The van der Waals surface area contributed by atoms with Crippen LogP contribution in [0.5, 0.6) is 5.88 Å². The molecule has 1 unspecified atom stereocenters. The summed E-state index contributed by atoms with van der Waals surface area (Å²) in [7, 11) is 0. The van der Waals surface area contributed by atoms with Gasteiger partial charge in [0.15, 0.2) is 0 Å². The number of rotatable bonds is 0. The molecular weight excluding hydrogens is 198 g/mol. The highest BCUT2D eigenvalue weighted by atomic mass is 16.5. The number of hydrogen-bond donors (Lipinski definition) is 0. The maximum absolute atomic E-state index is 5.71. The fourth-order valence-corrected chi connectivity index (χ4v) is 2.41. The quantitative estimate of drug-likeness (QED) is 0.670. The van der Waals surface area contributed by atoms with E-state index in [1.165, 1.54) is 22.1 Å². The summed E-state index contributed by atoms with van der Waals surface area (Å²) in [6.45, 7) is 6.38. The number of aryl methyl sites for hydroxylation is 2. The van der Waals surface area contributed by atoms with Crippen LogP contribution in [-0.4, -0.2) is 11.1 Å². The molecule has 0 aliphatic carbocycles. The van der Waals surface area contributed by atoms with Gasteiger partial charge in [0.2, 0.25) is 5.88 Å². The summed E-state index contributed by atoms with van der Waals surface area (Å²) in [4.78, 5) is 4.59. The van der Waals surface area contributed by atoms with Gasteiger partial charge in [0, 0.05) is 17.4 Å². The minimum atomic E-state index is 0.263. The third-order valence-corrected chi connectivity index (χ3v) is 3.29. The topological polar surface area (TPSA) is 22.1 Å². The van der Waals surface area contributed by atoms with Crippen molar-refractivity contribution in [2.24, 2.45) is 0 Å². The van der Waals surface area contributed by atoms with Crippen molar-refractivity contribution < 1.29 is 4.74 Å². The highest BCUT2D eigenvalue weighted by Gasteiger charge is 2.23. The monoisotopic (exact) mass is 213 g/mol. The molecule has 2 aromatic rings. The van der Waals surface area contributed by atoms with Gasteiger partial charge in [-0.1, -0.05) is 11.6 Å². The zero-order valence-corrected chi connectivity index (χ0v) is 9.87. The smallest absolute Gasteiger partial charge is 0.217 e. The van der Waals surface area contributed by atoms with Gasteiger partial charge >= 0.3 is 0 Å². The maximum atomic E-state index is 5.71. The van der Waals surface area contributed by atoms with Crippen molar-refractivity contribution >= 4 is 10.9 Å². The lowest BCUT2D eigenvalue weighted by molar-refractivity contribution is 0.247. The lowest BCUT2D eigenvalue weighted by Crippen LogP contribution is -2.05. The summed E-state index contributed by atoms with van der Waals surface area (Å²) in [5.74, 6) is 0.835. The molecule has 0 fully saturated rings. The molecule has 1 aliphatic heterocycles. The van der Waals surface area contributed by atoms with E-state index in [0.717, 1.165) is 17.8 Å². The Balaban J connectivity index is 2.34. The molecule has 2 heterocycles. The second kappa shape index (κ2) is 3.21. The Morgan fingerprint density at radius 3 is 2.94 bits per heavy atom. The summed E-state index contributed by atoms with van der Waals surface area (Å²) in [6, 6.07) is 6.38. The SMILES string of the molecule is Cc1ccc2nc3c(c(C)c2c1)CC(C)O3. The fourth-order valence-electron chi connectivity index (χ4n) is 2.41. The minimum absolute atomic E-state index is 0.263. The van der Waals surface area contributed by atoms with E-state index >= 15 is 0 Å². The normalized spacial score (nSPS) is 18.6. The molecule has 2 nitrogen and oxygen atoms in total. The van der Waals surface area contributed by atoms with Gasteiger partial charge < -0.3 is 4.74 Å². The summed E-state index contributed by atoms with van der Waals surface area (Å²) in [5.41, 5.74) is 4.93. The summed E-state index contributed by atoms with van der Waals surface area (Å²) in [5, 5.41) is 1.26. The summed E-state index contributed by atoms with van der Waals surface area (Å²) < 4.78 is 5.71. The Hall–Kier alpha value is -1.57. The molecular formula is C14H15NO. The first kappa shape index (κ1) is 9.64. The van der Waals surface area contributed by atoms with Crippen LogP contribution in [0.1, 0.15) is 23.6 Å². The highest BCUT2D eigenvalue weighted by Crippen LogP contribution is 2.33. The van der Waals surface area contributed by atoms with Gasteiger partial charge in [-0.05, 0) is 38.5 Å². The summed E-state index contributed by atoms with van der Waals surface area (Å²) >= 11 is 0. The van der Waals surface area contributed by atoms with Gasteiger partial charge in [0.25, 0.3) is 0 Å². The number of pyridine rings is 1. The predicted molar refractivity (Wildman–Crippen MR) is 65.0 cm³/mol. The standard InChI is InChI=1S/C14H15NO/c1-8-4-5-13-11(6-8)10(3)12-7-9(2)16-14(12)15-13/h4-6,9H,7H2,1-3H3. The van der Waals surface area contributed by atoms with Crippen LogP contribution in [0.3, 0.4) is 0 Å². The van der Waals surface area contributed by atoms with E-state index in [-0.39, 0.29) is 6.10 Å². The zero-order chi connectivity index (χ0) is 11.3. The van der Waals surface area contributed by atoms with Gasteiger partial charge in [-0.2, -0.15) is 0 Å². The number of benzene rings is 1. The van der Waals surface area contributed by atoms with Crippen LogP contribution < -0.4 is 4.74 Å². The Bertz CT molecular complexity index is 574. The Morgan fingerprint density at radius 1 is 1.31 bits per heavy atom. The van der Waals surface area contributed by atoms with Gasteiger partial charge in [0.05, 0.1) is 5.52 Å². The molecule has 0 bridgehead atoms. The first-order chi connectivity index (χ1) is 7.65. The number of ether oxygens (including phenoxy) is 1. The Labute approximate surface area is 95.3 Å². The van der Waals surface area contributed by atoms with E-state index in [4.69, 9.17) is 4.74 Å². The Morgan fingerprint density at radius 2 is 2.12 bits per heavy atom. The minimum Gasteiger partial charge on any atom is -0.474 e. The molecule has 1 aliphatic rings. The maximum Gasteiger partial charge on any atom is 0.217 e. The van der Waals surface area contributed by atoms with Crippen LogP contribution in [0.15, 0.2) is 18.2 Å². The van der Waals surface area contributed by atoms with Crippen molar-refractivity contribution in [2.45, 2.75) is 33.3 Å². The van der Waals surface area contributed by atoms with E-state index in [0.29, 0.717) is 0 Å². The number of fused-ring (bicyclic) bond motifs is 2. The van der Waals surface area contributed by atoms with Gasteiger partial charge in [-0.25, -0.2) is 4.98 Å². The molecule has 0 radical (unpaired) electrons. The molecule has 0 amide bonds. The van der Waals surface area contributed by atoms with Crippen molar-refractivity contribution in [3.05, 3.63) is 34.9 Å². The zero-order valence-electron chi connectivity index (χ0n) is 9.87.